The van der Waals surface area contributed by atoms with E-state index in [1.165, 1.54) is 0 Å². The number of carbonyl (C=O) groups is 2. The van der Waals surface area contributed by atoms with Crippen LogP contribution in [0.25, 0.3) is 0 Å². The van der Waals surface area contributed by atoms with Crippen molar-refractivity contribution in [3.63, 3.8) is 0 Å². The van der Waals surface area contributed by atoms with E-state index < -0.39 is 35.3 Å². The maximum absolute atomic E-state index is 14.0. The maximum atomic E-state index is 14.0. The van der Waals surface area contributed by atoms with Crippen LogP contribution in [0.1, 0.15) is 42.5 Å². The van der Waals surface area contributed by atoms with Crippen molar-refractivity contribution in [2.75, 3.05) is 6.61 Å². The van der Waals surface area contributed by atoms with Crippen LogP contribution in [0, 0.1) is 11.6 Å². The molecule has 1 N–H and O–H groups in total. The van der Waals surface area contributed by atoms with Crippen LogP contribution in [0.15, 0.2) is 18.2 Å². The molecule has 1 saturated heterocycles. The Kier molecular flexibility index (Phi) is 4.06. The van der Waals surface area contributed by atoms with E-state index in [4.69, 9.17) is 4.74 Å². The zero-order chi connectivity index (χ0) is 16.6. The number of hydrogen-bond donors (Lipinski definition) is 1. The number of hydrogen-bond acceptors (Lipinski definition) is 3. The van der Waals surface area contributed by atoms with Crippen LogP contribution in [-0.4, -0.2) is 40.3 Å². The average Bonchev–Trinajstić information content (AvgIpc) is 2.86. The van der Waals surface area contributed by atoms with Gasteiger partial charge in [-0.1, -0.05) is 6.42 Å². The summed E-state index contributed by atoms with van der Waals surface area (Å²) < 4.78 is 32.7. The van der Waals surface area contributed by atoms with Gasteiger partial charge in [0.05, 0.1) is 12.2 Å². The molecule has 3 rings (SSSR count). The van der Waals surface area contributed by atoms with Gasteiger partial charge in [-0.25, -0.2) is 13.6 Å². The molecular weight excluding hydrogens is 308 g/mol. The second-order valence-corrected chi connectivity index (χ2v) is 5.97. The van der Waals surface area contributed by atoms with Crippen LogP contribution in [0.3, 0.4) is 0 Å². The minimum atomic E-state index is -1.19. The predicted octanol–water partition coefficient (Wildman–Crippen LogP) is 2.55. The topological polar surface area (TPSA) is 66.8 Å². The number of carboxylic acid groups (broad SMARTS) is 1. The fourth-order valence-electron chi connectivity index (χ4n) is 3.45. The van der Waals surface area contributed by atoms with E-state index in [2.05, 4.69) is 0 Å². The molecule has 1 amide bonds. The Balaban J connectivity index is 2.00. The van der Waals surface area contributed by atoms with E-state index in [0.717, 1.165) is 36.3 Å². The first-order valence-corrected chi connectivity index (χ1v) is 7.60. The molecule has 2 fully saturated rings. The van der Waals surface area contributed by atoms with Gasteiger partial charge in [-0.05, 0) is 37.8 Å². The molecule has 1 aromatic rings. The van der Waals surface area contributed by atoms with Gasteiger partial charge in [0.15, 0.2) is 6.04 Å². The Bertz CT molecular complexity index is 643. The highest BCUT2D eigenvalue weighted by Crippen LogP contribution is 2.41. The number of ether oxygens (including phenoxy) is 1. The van der Waals surface area contributed by atoms with Crippen LogP contribution < -0.4 is 0 Å². The summed E-state index contributed by atoms with van der Waals surface area (Å²) >= 11 is 0. The lowest BCUT2D eigenvalue weighted by Crippen LogP contribution is -2.54. The molecule has 1 spiro atoms. The summed E-state index contributed by atoms with van der Waals surface area (Å²) in [5.41, 5.74) is -1.34. The molecule has 0 radical (unpaired) electrons. The van der Waals surface area contributed by atoms with Crippen LogP contribution in [-0.2, 0) is 9.53 Å². The summed E-state index contributed by atoms with van der Waals surface area (Å²) in [5, 5.41) is 9.38. The van der Waals surface area contributed by atoms with E-state index in [9.17, 15) is 23.5 Å². The molecular formula is C16H17F2NO4. The Morgan fingerprint density at radius 2 is 1.91 bits per heavy atom. The van der Waals surface area contributed by atoms with Gasteiger partial charge in [0, 0.05) is 6.07 Å². The van der Waals surface area contributed by atoms with Crippen LogP contribution in [0.4, 0.5) is 8.78 Å². The number of halogens is 2. The molecule has 1 heterocycles. The number of amides is 1. The summed E-state index contributed by atoms with van der Waals surface area (Å²) in [7, 11) is 0. The van der Waals surface area contributed by atoms with Gasteiger partial charge >= 0.3 is 5.97 Å². The third kappa shape index (κ3) is 2.69. The fourth-order valence-corrected chi connectivity index (χ4v) is 3.45. The summed E-state index contributed by atoms with van der Waals surface area (Å²) in [6.07, 6.45) is 3.64. The van der Waals surface area contributed by atoms with Crippen LogP contribution in [0.2, 0.25) is 0 Å². The first-order chi connectivity index (χ1) is 10.9. The molecule has 0 unspecified atom stereocenters. The molecule has 1 saturated carbocycles. The number of rotatable bonds is 2. The van der Waals surface area contributed by atoms with Gasteiger partial charge in [-0.2, -0.15) is 0 Å². The maximum Gasteiger partial charge on any atom is 0.328 e. The normalized spacial score (nSPS) is 23.2. The van der Waals surface area contributed by atoms with E-state index >= 15 is 0 Å². The van der Waals surface area contributed by atoms with Crippen molar-refractivity contribution in [1.29, 1.82) is 0 Å². The summed E-state index contributed by atoms with van der Waals surface area (Å²) in [6.45, 7) is -0.121. The minimum absolute atomic E-state index is 0.121. The quantitative estimate of drug-likeness (QED) is 0.907. The molecule has 5 nitrogen and oxygen atoms in total. The van der Waals surface area contributed by atoms with Crippen molar-refractivity contribution in [1.82, 2.24) is 4.90 Å². The first kappa shape index (κ1) is 15.9. The molecule has 124 valence electrons. The van der Waals surface area contributed by atoms with Gasteiger partial charge in [0.1, 0.15) is 17.4 Å². The lowest BCUT2D eigenvalue weighted by atomic mass is 9.89. The van der Waals surface area contributed by atoms with Crippen molar-refractivity contribution in [3.05, 3.63) is 35.4 Å². The number of benzene rings is 1. The van der Waals surface area contributed by atoms with E-state index in [0.29, 0.717) is 18.9 Å². The van der Waals surface area contributed by atoms with Crippen LogP contribution in [0.5, 0.6) is 0 Å². The SMILES string of the molecule is O=C(O)[C@H]1COC2(CCCCC2)N1C(=O)c1ccc(F)cc1F. The largest absolute Gasteiger partial charge is 0.480 e. The summed E-state index contributed by atoms with van der Waals surface area (Å²) in [5.74, 6) is -3.76. The predicted molar refractivity (Wildman–Crippen MR) is 75.7 cm³/mol. The van der Waals surface area contributed by atoms with Crippen molar-refractivity contribution in [2.45, 2.75) is 43.9 Å². The highest BCUT2D eigenvalue weighted by Gasteiger charge is 2.53. The van der Waals surface area contributed by atoms with Gasteiger partial charge in [0.25, 0.3) is 5.91 Å². The molecule has 1 aliphatic heterocycles. The van der Waals surface area contributed by atoms with E-state index in [1.54, 1.807) is 0 Å². The zero-order valence-corrected chi connectivity index (χ0v) is 12.4. The third-order valence-corrected chi connectivity index (χ3v) is 4.56. The van der Waals surface area contributed by atoms with Crippen molar-refractivity contribution in [2.24, 2.45) is 0 Å². The molecule has 1 aromatic carbocycles. The molecule has 23 heavy (non-hydrogen) atoms. The number of aliphatic carboxylic acids is 1. The molecule has 2 aliphatic rings. The molecule has 0 bridgehead atoms. The number of carbonyl (C=O) groups excluding carboxylic acids is 1. The third-order valence-electron chi connectivity index (χ3n) is 4.56. The smallest absolute Gasteiger partial charge is 0.328 e. The second-order valence-electron chi connectivity index (χ2n) is 5.97. The Morgan fingerprint density at radius 1 is 1.22 bits per heavy atom. The lowest BCUT2D eigenvalue weighted by molar-refractivity contribution is -0.143. The minimum Gasteiger partial charge on any atom is -0.480 e. The standard InChI is InChI=1S/C16H17F2NO4/c17-10-4-5-11(12(18)8-10)14(20)19-13(15(21)22)9-23-16(19)6-2-1-3-7-16/h4-5,8,13H,1-3,6-7,9H2,(H,21,22)/t13-/m1/s1. The molecule has 0 aromatic heterocycles. The number of nitrogens with zero attached hydrogens (tertiary/aromatic N) is 1. The van der Waals surface area contributed by atoms with Gasteiger partial charge < -0.3 is 9.84 Å². The van der Waals surface area contributed by atoms with Crippen LogP contribution >= 0.6 is 0 Å². The lowest BCUT2D eigenvalue weighted by Gasteiger charge is -2.41. The zero-order valence-electron chi connectivity index (χ0n) is 12.4. The van der Waals surface area contributed by atoms with Gasteiger partial charge in [-0.15, -0.1) is 0 Å². The van der Waals surface area contributed by atoms with Crippen molar-refractivity contribution in [3.8, 4) is 0 Å². The molecule has 1 aliphatic carbocycles. The average molecular weight is 325 g/mol. The van der Waals surface area contributed by atoms with E-state index in [1.807, 2.05) is 0 Å². The first-order valence-electron chi connectivity index (χ1n) is 7.60. The highest BCUT2D eigenvalue weighted by molar-refractivity contribution is 5.97. The second kappa shape index (κ2) is 5.88. The van der Waals surface area contributed by atoms with Crippen molar-refractivity contribution < 1.29 is 28.2 Å². The Hall–Kier alpha value is -2.02. The Morgan fingerprint density at radius 3 is 2.52 bits per heavy atom. The van der Waals surface area contributed by atoms with Gasteiger partial charge in [0.2, 0.25) is 0 Å². The van der Waals surface area contributed by atoms with Crippen molar-refractivity contribution >= 4 is 11.9 Å². The monoisotopic (exact) mass is 325 g/mol. The Labute approximate surface area is 131 Å². The van der Waals surface area contributed by atoms with Gasteiger partial charge in [-0.3, -0.25) is 9.69 Å². The molecule has 7 heteroatoms. The number of carboxylic acids is 1. The summed E-state index contributed by atoms with van der Waals surface area (Å²) in [6, 6.07) is 1.48. The highest BCUT2D eigenvalue weighted by atomic mass is 19.1. The molecule has 1 atom stereocenters. The van der Waals surface area contributed by atoms with E-state index in [-0.39, 0.29) is 12.2 Å². The fraction of sp³-hybridized carbons (Fsp3) is 0.500. The summed E-state index contributed by atoms with van der Waals surface area (Å²) in [4.78, 5) is 25.4.